The molecule has 0 atom stereocenters. The number of benzene rings is 1. The normalized spacial score (nSPS) is 15.2. The zero-order valence-corrected chi connectivity index (χ0v) is 19.8. The van der Waals surface area contributed by atoms with Crippen LogP contribution in [-0.4, -0.2) is 50.5 Å². The van der Waals surface area contributed by atoms with Crippen LogP contribution in [0.25, 0.3) is 5.69 Å². The average Bonchev–Trinajstić information content (AvgIpc) is 3.12. The Bertz CT molecular complexity index is 1340. The molecule has 1 aliphatic heterocycles. The lowest BCUT2D eigenvalue weighted by Crippen LogP contribution is -2.41. The molecule has 2 heterocycles. The van der Waals surface area contributed by atoms with Crippen LogP contribution in [0.4, 0.5) is 23.2 Å². The number of ether oxygens (including phenoxy) is 1. The van der Waals surface area contributed by atoms with Crippen molar-refractivity contribution >= 4 is 46.1 Å². The molecule has 0 N–H and O–H groups in total. The Hall–Kier alpha value is -3.13. The molecule has 0 aliphatic carbocycles. The number of carbonyl (C=O) groups is 2. The summed E-state index contributed by atoms with van der Waals surface area (Å²) in [5.41, 5.74) is -5.14. The van der Waals surface area contributed by atoms with Crippen molar-refractivity contribution in [3.05, 3.63) is 55.6 Å². The van der Waals surface area contributed by atoms with Crippen molar-refractivity contribution in [2.45, 2.75) is 19.0 Å². The smallest absolute Gasteiger partial charge is 0.431 e. The summed E-state index contributed by atoms with van der Waals surface area (Å²) in [6, 6.07) is 1.86. The van der Waals surface area contributed by atoms with E-state index in [1.165, 1.54) is 12.0 Å². The van der Waals surface area contributed by atoms with Crippen molar-refractivity contribution in [3.8, 4) is 5.69 Å². The maximum absolute atomic E-state index is 14.7. The van der Waals surface area contributed by atoms with Gasteiger partial charge in [-0.1, -0.05) is 23.4 Å². The third-order valence-corrected chi connectivity index (χ3v) is 6.19. The van der Waals surface area contributed by atoms with Crippen molar-refractivity contribution in [2.75, 3.05) is 19.4 Å². The molecule has 1 aliphatic rings. The van der Waals surface area contributed by atoms with Gasteiger partial charge < -0.3 is 4.74 Å². The first-order chi connectivity index (χ1) is 16.3. The number of thioether (sulfide) groups is 1. The van der Waals surface area contributed by atoms with Crippen LogP contribution < -0.4 is 11.2 Å². The van der Waals surface area contributed by atoms with Gasteiger partial charge >= 0.3 is 17.8 Å². The van der Waals surface area contributed by atoms with E-state index in [1.807, 2.05) is 0 Å². The van der Waals surface area contributed by atoms with Crippen LogP contribution in [0.2, 0.25) is 5.02 Å². The van der Waals surface area contributed by atoms with Gasteiger partial charge in [0.25, 0.3) is 5.56 Å². The summed E-state index contributed by atoms with van der Waals surface area (Å²) in [6.07, 6.45) is -4.65. The van der Waals surface area contributed by atoms with Crippen LogP contribution in [-0.2, 0) is 27.5 Å². The zero-order valence-electron chi connectivity index (χ0n) is 18.2. The van der Waals surface area contributed by atoms with E-state index in [1.54, 1.807) is 0 Å². The van der Waals surface area contributed by atoms with Gasteiger partial charge in [-0.05, 0) is 18.6 Å². The molecule has 0 radical (unpaired) electrons. The molecule has 1 amide bonds. The van der Waals surface area contributed by atoms with E-state index < -0.39 is 40.6 Å². The number of esters is 1. The van der Waals surface area contributed by atoms with Crippen LogP contribution >= 0.6 is 23.4 Å². The van der Waals surface area contributed by atoms with E-state index in [4.69, 9.17) is 11.6 Å². The third-order valence-electron chi connectivity index (χ3n) is 4.93. The molecule has 1 fully saturated rings. The first-order valence-corrected chi connectivity index (χ1v) is 11.2. The van der Waals surface area contributed by atoms with Crippen molar-refractivity contribution in [1.29, 1.82) is 0 Å². The molecule has 1 aromatic heterocycles. The average molecular weight is 537 g/mol. The number of amidine groups is 1. The molecular formula is C20H17ClF4N4O5S. The van der Waals surface area contributed by atoms with Crippen molar-refractivity contribution in [2.24, 2.45) is 12.0 Å². The second-order valence-corrected chi connectivity index (χ2v) is 8.56. The standard InChI is InChI=1S/C20H17ClF4N4O5S/c1-27-14(20(23,24)25)8-15(30)29(19(27)33)13-7-12(10(21)6-11(13)22)26-18-28(16(31)9-35-18)5-3-4-17(32)34-2/h6-8H,3-5,9H2,1-2H3. The Morgan fingerprint density at radius 2 is 1.91 bits per heavy atom. The Labute approximate surface area is 203 Å². The predicted octanol–water partition coefficient (Wildman–Crippen LogP) is 2.86. The molecule has 9 nitrogen and oxygen atoms in total. The zero-order chi connectivity index (χ0) is 26.1. The molecule has 188 valence electrons. The number of hydrogen-bond donors (Lipinski definition) is 0. The Kier molecular flexibility index (Phi) is 7.74. The molecule has 0 unspecified atom stereocenters. The highest BCUT2D eigenvalue weighted by atomic mass is 35.5. The number of alkyl halides is 3. The van der Waals surface area contributed by atoms with Crippen molar-refractivity contribution < 1.29 is 31.9 Å². The highest BCUT2D eigenvalue weighted by Crippen LogP contribution is 2.33. The van der Waals surface area contributed by atoms with Gasteiger partial charge in [-0.25, -0.2) is 18.7 Å². The highest BCUT2D eigenvalue weighted by molar-refractivity contribution is 8.15. The van der Waals surface area contributed by atoms with E-state index in [9.17, 15) is 36.7 Å². The molecule has 1 aromatic carbocycles. The van der Waals surface area contributed by atoms with E-state index in [0.29, 0.717) is 0 Å². The summed E-state index contributed by atoms with van der Waals surface area (Å²) in [4.78, 5) is 54.0. The summed E-state index contributed by atoms with van der Waals surface area (Å²) in [5, 5.41) is -0.0583. The summed E-state index contributed by atoms with van der Waals surface area (Å²) in [7, 11) is 2.03. The lowest BCUT2D eigenvalue weighted by atomic mass is 10.2. The van der Waals surface area contributed by atoms with Gasteiger partial charge in [-0.2, -0.15) is 13.2 Å². The number of aromatic nitrogens is 2. The number of aliphatic imine (C=N–C) groups is 1. The maximum atomic E-state index is 14.7. The lowest BCUT2D eigenvalue weighted by molar-refractivity contribution is -0.144. The number of halogens is 5. The van der Waals surface area contributed by atoms with Gasteiger partial charge in [0.1, 0.15) is 11.5 Å². The molecule has 1 saturated heterocycles. The van der Waals surface area contributed by atoms with Crippen molar-refractivity contribution in [1.82, 2.24) is 14.0 Å². The predicted molar refractivity (Wildman–Crippen MR) is 120 cm³/mol. The minimum atomic E-state index is -4.98. The molecule has 0 spiro atoms. The largest absolute Gasteiger partial charge is 0.469 e. The van der Waals surface area contributed by atoms with Gasteiger partial charge in [-0.3, -0.25) is 23.9 Å². The number of methoxy groups -OCH3 is 1. The Balaban J connectivity index is 2.05. The number of nitrogens with zero attached hydrogens (tertiary/aromatic N) is 4. The SMILES string of the molecule is COC(=O)CCCN1C(=O)CSC1=Nc1cc(-n2c(=O)cc(C(F)(F)F)n(C)c2=O)c(F)cc1Cl. The van der Waals surface area contributed by atoms with Gasteiger partial charge in [0, 0.05) is 26.1 Å². The van der Waals surface area contributed by atoms with E-state index >= 15 is 0 Å². The van der Waals surface area contributed by atoms with Gasteiger partial charge in [0.05, 0.1) is 29.3 Å². The van der Waals surface area contributed by atoms with E-state index in [-0.39, 0.29) is 62.1 Å². The first-order valence-electron chi connectivity index (χ1n) is 9.83. The Morgan fingerprint density at radius 1 is 1.23 bits per heavy atom. The molecule has 35 heavy (non-hydrogen) atoms. The summed E-state index contributed by atoms with van der Waals surface area (Å²) in [6.45, 7) is 0.129. The van der Waals surface area contributed by atoms with Crippen LogP contribution in [0.5, 0.6) is 0 Å². The monoisotopic (exact) mass is 536 g/mol. The molecule has 3 rings (SSSR count). The van der Waals surface area contributed by atoms with Crippen LogP contribution in [0.3, 0.4) is 0 Å². The minimum Gasteiger partial charge on any atom is -0.469 e. The summed E-state index contributed by atoms with van der Waals surface area (Å²) < 4.78 is 59.0. The molecule has 15 heteroatoms. The maximum Gasteiger partial charge on any atom is 0.431 e. The van der Waals surface area contributed by atoms with Gasteiger partial charge in [-0.15, -0.1) is 0 Å². The molecule has 0 saturated carbocycles. The van der Waals surface area contributed by atoms with Crippen LogP contribution in [0.1, 0.15) is 18.5 Å². The highest BCUT2D eigenvalue weighted by Gasteiger charge is 2.35. The number of hydrogen-bond acceptors (Lipinski definition) is 7. The van der Waals surface area contributed by atoms with Gasteiger partial charge in [0.2, 0.25) is 5.91 Å². The molecular weight excluding hydrogens is 520 g/mol. The van der Waals surface area contributed by atoms with Gasteiger partial charge in [0.15, 0.2) is 5.17 Å². The van der Waals surface area contributed by atoms with Crippen LogP contribution in [0, 0.1) is 5.82 Å². The second-order valence-electron chi connectivity index (χ2n) is 7.21. The third kappa shape index (κ3) is 5.59. The molecule has 2 aromatic rings. The molecule has 0 bridgehead atoms. The fraction of sp³-hybridized carbons (Fsp3) is 0.350. The number of carbonyl (C=O) groups excluding carboxylic acids is 2. The van der Waals surface area contributed by atoms with Crippen LogP contribution in [0.15, 0.2) is 32.8 Å². The summed E-state index contributed by atoms with van der Waals surface area (Å²) >= 11 is 7.12. The van der Waals surface area contributed by atoms with Crippen molar-refractivity contribution in [3.63, 3.8) is 0 Å². The lowest BCUT2D eigenvalue weighted by Gasteiger charge is -2.16. The Morgan fingerprint density at radius 3 is 2.54 bits per heavy atom. The number of amides is 1. The quantitative estimate of drug-likeness (QED) is 0.415. The fourth-order valence-electron chi connectivity index (χ4n) is 3.19. The topological polar surface area (TPSA) is 103 Å². The first kappa shape index (κ1) is 26.5. The second kappa shape index (κ2) is 10.2. The van der Waals surface area contributed by atoms with E-state index in [0.717, 1.165) is 30.9 Å². The van der Waals surface area contributed by atoms with E-state index in [2.05, 4.69) is 9.73 Å². The fourth-order valence-corrected chi connectivity index (χ4v) is 4.30. The minimum absolute atomic E-state index is 0.0433. The summed E-state index contributed by atoms with van der Waals surface area (Å²) in [5.74, 6) is -1.87. The number of rotatable bonds is 6.